The van der Waals surface area contributed by atoms with Gasteiger partial charge in [0, 0.05) is 5.54 Å². The van der Waals surface area contributed by atoms with Crippen molar-refractivity contribution in [3.05, 3.63) is 47.5 Å². The zero-order valence-electron chi connectivity index (χ0n) is 8.07. The van der Waals surface area contributed by atoms with Crippen LogP contribution in [0.5, 0.6) is 0 Å². The van der Waals surface area contributed by atoms with Crippen LogP contribution in [0.3, 0.4) is 0 Å². The molecule has 0 saturated carbocycles. The molecule has 0 aromatic heterocycles. The van der Waals surface area contributed by atoms with Gasteiger partial charge in [-0.1, -0.05) is 48.9 Å². The standard InChI is InChI=1S/C12H12ClN/c1-2-12(10-14,8-9-13)11-6-4-3-5-7-11/h3-9H,2H2,1H3/b9-8+. The maximum atomic E-state index is 9.20. The van der Waals surface area contributed by atoms with Gasteiger partial charge in [-0.25, -0.2) is 0 Å². The van der Waals surface area contributed by atoms with Gasteiger partial charge >= 0.3 is 0 Å². The third-order valence-corrected chi connectivity index (χ3v) is 2.52. The first-order valence-corrected chi connectivity index (χ1v) is 4.97. The maximum absolute atomic E-state index is 9.20. The smallest absolute Gasteiger partial charge is 0.101 e. The van der Waals surface area contributed by atoms with Crippen molar-refractivity contribution in [2.75, 3.05) is 0 Å². The Hall–Kier alpha value is -1.26. The van der Waals surface area contributed by atoms with Gasteiger partial charge in [0.2, 0.25) is 0 Å². The Labute approximate surface area is 89.6 Å². The molecule has 0 aliphatic rings. The molecule has 0 saturated heterocycles. The van der Waals surface area contributed by atoms with E-state index in [4.69, 9.17) is 11.6 Å². The van der Waals surface area contributed by atoms with Gasteiger partial charge in [0.1, 0.15) is 5.41 Å². The Morgan fingerprint density at radius 2 is 2.07 bits per heavy atom. The van der Waals surface area contributed by atoms with Crippen LogP contribution >= 0.6 is 11.6 Å². The van der Waals surface area contributed by atoms with Crippen LogP contribution in [-0.2, 0) is 5.41 Å². The molecule has 1 nitrogen and oxygen atoms in total. The zero-order valence-corrected chi connectivity index (χ0v) is 8.83. The Morgan fingerprint density at radius 3 is 2.50 bits per heavy atom. The lowest BCUT2D eigenvalue weighted by Crippen LogP contribution is -2.19. The SMILES string of the molecule is CCC(C#N)(/C=C/Cl)c1ccccc1. The molecule has 0 spiro atoms. The zero-order chi connectivity index (χ0) is 10.4. The highest BCUT2D eigenvalue weighted by molar-refractivity contribution is 6.25. The summed E-state index contributed by atoms with van der Waals surface area (Å²) in [5, 5.41) is 9.20. The van der Waals surface area contributed by atoms with Crippen LogP contribution in [0.15, 0.2) is 41.9 Å². The average Bonchev–Trinajstić information content (AvgIpc) is 2.27. The van der Waals surface area contributed by atoms with Crippen molar-refractivity contribution < 1.29 is 0 Å². The molecule has 0 aliphatic heterocycles. The molecule has 1 aromatic carbocycles. The van der Waals surface area contributed by atoms with Crippen LogP contribution in [0.4, 0.5) is 0 Å². The molecule has 1 rings (SSSR count). The summed E-state index contributed by atoms with van der Waals surface area (Å²) in [6, 6.07) is 12.0. The summed E-state index contributed by atoms with van der Waals surface area (Å²) in [5.74, 6) is 0. The molecule has 0 fully saturated rings. The summed E-state index contributed by atoms with van der Waals surface area (Å²) in [6.07, 6.45) is 2.46. The van der Waals surface area contributed by atoms with Gasteiger partial charge < -0.3 is 0 Å². The van der Waals surface area contributed by atoms with Gasteiger partial charge in [0.25, 0.3) is 0 Å². The topological polar surface area (TPSA) is 23.8 Å². The minimum Gasteiger partial charge on any atom is -0.197 e. The number of hydrogen-bond acceptors (Lipinski definition) is 1. The van der Waals surface area contributed by atoms with Crippen LogP contribution in [-0.4, -0.2) is 0 Å². The fraction of sp³-hybridized carbons (Fsp3) is 0.250. The maximum Gasteiger partial charge on any atom is 0.101 e. The molecule has 0 amide bonds. The molecule has 2 heteroatoms. The van der Waals surface area contributed by atoms with E-state index in [1.807, 2.05) is 37.3 Å². The van der Waals surface area contributed by atoms with Gasteiger partial charge in [0.05, 0.1) is 6.07 Å². The van der Waals surface area contributed by atoms with Crippen molar-refractivity contribution in [1.29, 1.82) is 5.26 Å². The largest absolute Gasteiger partial charge is 0.197 e. The monoisotopic (exact) mass is 205 g/mol. The van der Waals surface area contributed by atoms with Crippen molar-refractivity contribution in [1.82, 2.24) is 0 Å². The van der Waals surface area contributed by atoms with Crippen molar-refractivity contribution in [3.8, 4) is 6.07 Å². The fourth-order valence-electron chi connectivity index (χ4n) is 1.44. The summed E-state index contributed by atoms with van der Waals surface area (Å²) < 4.78 is 0. The summed E-state index contributed by atoms with van der Waals surface area (Å²) >= 11 is 5.56. The summed E-state index contributed by atoms with van der Waals surface area (Å²) in [6.45, 7) is 1.98. The lowest BCUT2D eigenvalue weighted by atomic mass is 9.80. The molecule has 1 atom stereocenters. The first-order chi connectivity index (χ1) is 6.79. The van der Waals surface area contributed by atoms with E-state index in [9.17, 15) is 5.26 Å². The molecule has 14 heavy (non-hydrogen) atoms. The Bertz CT molecular complexity index is 350. The van der Waals surface area contributed by atoms with Crippen LogP contribution in [0.1, 0.15) is 18.9 Å². The van der Waals surface area contributed by atoms with E-state index < -0.39 is 5.41 Å². The third-order valence-electron chi connectivity index (χ3n) is 2.39. The second-order valence-electron chi connectivity index (χ2n) is 3.10. The lowest BCUT2D eigenvalue weighted by molar-refractivity contribution is 0.658. The molecule has 72 valence electrons. The van der Waals surface area contributed by atoms with Crippen LogP contribution in [0.25, 0.3) is 0 Å². The van der Waals surface area contributed by atoms with Crippen molar-refractivity contribution in [2.24, 2.45) is 0 Å². The summed E-state index contributed by atoms with van der Waals surface area (Å²) in [4.78, 5) is 0. The van der Waals surface area contributed by atoms with E-state index >= 15 is 0 Å². The first-order valence-electron chi connectivity index (χ1n) is 4.54. The Morgan fingerprint density at radius 1 is 1.43 bits per heavy atom. The predicted octanol–water partition coefficient (Wildman–Crippen LogP) is 3.61. The second kappa shape index (κ2) is 4.83. The molecule has 1 aromatic rings. The minimum absolute atomic E-state index is 0.580. The number of halogens is 1. The van der Waals surface area contributed by atoms with E-state index in [-0.39, 0.29) is 0 Å². The number of hydrogen-bond donors (Lipinski definition) is 0. The van der Waals surface area contributed by atoms with Gasteiger partial charge in [0.15, 0.2) is 0 Å². The minimum atomic E-state index is -0.580. The van der Waals surface area contributed by atoms with E-state index in [0.29, 0.717) is 0 Å². The molecule has 0 radical (unpaired) electrons. The third kappa shape index (κ3) is 1.97. The predicted molar refractivity (Wildman–Crippen MR) is 59.0 cm³/mol. The van der Waals surface area contributed by atoms with Crippen LogP contribution in [0.2, 0.25) is 0 Å². The fourth-order valence-corrected chi connectivity index (χ4v) is 1.66. The molecular weight excluding hydrogens is 194 g/mol. The molecule has 0 heterocycles. The van der Waals surface area contributed by atoms with Crippen molar-refractivity contribution >= 4 is 11.6 Å². The molecular formula is C12H12ClN. The highest BCUT2D eigenvalue weighted by atomic mass is 35.5. The van der Waals surface area contributed by atoms with E-state index in [1.165, 1.54) is 5.54 Å². The van der Waals surface area contributed by atoms with E-state index in [0.717, 1.165) is 12.0 Å². The average molecular weight is 206 g/mol. The van der Waals surface area contributed by atoms with E-state index in [2.05, 4.69) is 6.07 Å². The number of nitrogens with zero attached hydrogens (tertiary/aromatic N) is 1. The highest BCUT2D eigenvalue weighted by Gasteiger charge is 2.26. The first kappa shape index (κ1) is 10.8. The van der Waals surface area contributed by atoms with Crippen LogP contribution < -0.4 is 0 Å². The molecule has 1 unspecified atom stereocenters. The second-order valence-corrected chi connectivity index (χ2v) is 3.35. The Kier molecular flexibility index (Phi) is 3.73. The molecule has 0 N–H and O–H groups in total. The van der Waals surface area contributed by atoms with Gasteiger partial charge in [-0.3, -0.25) is 0 Å². The highest BCUT2D eigenvalue weighted by Crippen LogP contribution is 2.28. The van der Waals surface area contributed by atoms with Gasteiger partial charge in [-0.05, 0) is 18.1 Å². The normalized spacial score (nSPS) is 14.9. The lowest BCUT2D eigenvalue weighted by Gasteiger charge is -2.20. The Balaban J connectivity index is 3.19. The quantitative estimate of drug-likeness (QED) is 0.740. The number of benzene rings is 1. The van der Waals surface area contributed by atoms with E-state index in [1.54, 1.807) is 6.08 Å². The van der Waals surface area contributed by atoms with Crippen LogP contribution in [0, 0.1) is 11.3 Å². The number of allylic oxidation sites excluding steroid dienone is 1. The van der Waals surface area contributed by atoms with Crippen molar-refractivity contribution in [3.63, 3.8) is 0 Å². The van der Waals surface area contributed by atoms with Gasteiger partial charge in [-0.15, -0.1) is 0 Å². The number of nitriles is 1. The molecule has 0 aliphatic carbocycles. The molecule has 0 bridgehead atoms. The van der Waals surface area contributed by atoms with Crippen molar-refractivity contribution in [2.45, 2.75) is 18.8 Å². The summed E-state index contributed by atoms with van der Waals surface area (Å²) in [7, 11) is 0. The van der Waals surface area contributed by atoms with Gasteiger partial charge in [-0.2, -0.15) is 5.26 Å². The number of rotatable bonds is 3. The summed E-state index contributed by atoms with van der Waals surface area (Å²) in [5.41, 5.74) is 1.82.